The molecule has 4 heteroatoms. The number of carbonyl (C=O) groups excluding carboxylic acids is 1. The zero-order valence-electron chi connectivity index (χ0n) is 11.6. The van der Waals surface area contributed by atoms with Crippen molar-refractivity contribution in [1.29, 1.82) is 0 Å². The van der Waals surface area contributed by atoms with Crippen LogP contribution in [0.15, 0.2) is 16.6 Å². The van der Waals surface area contributed by atoms with E-state index in [4.69, 9.17) is 0 Å². The predicted octanol–water partition coefficient (Wildman–Crippen LogP) is 2.43. The maximum atomic E-state index is 12.1. The number of benzene rings is 1. The molecule has 0 spiro atoms. The summed E-state index contributed by atoms with van der Waals surface area (Å²) in [5.74, 6) is 0.270. The van der Waals surface area contributed by atoms with E-state index in [1.54, 1.807) is 0 Å². The van der Waals surface area contributed by atoms with Crippen LogP contribution in [-0.4, -0.2) is 37.0 Å². The van der Waals surface area contributed by atoms with Gasteiger partial charge in [-0.25, -0.2) is 0 Å². The Labute approximate surface area is 123 Å². The Hall–Kier alpha value is -0.870. The average Bonchev–Trinajstić information content (AvgIpc) is 2.42. The number of carbonyl (C=O) groups is 1. The number of hydrogen-bond donors (Lipinski definition) is 1. The van der Waals surface area contributed by atoms with Gasteiger partial charge in [-0.1, -0.05) is 22.0 Å². The minimum absolute atomic E-state index is 0.270. The van der Waals surface area contributed by atoms with E-state index in [0.29, 0.717) is 6.42 Å². The van der Waals surface area contributed by atoms with Crippen molar-refractivity contribution >= 4 is 21.8 Å². The molecule has 1 N–H and O–H groups in total. The smallest absolute Gasteiger partial charge is 0.222 e. The van der Waals surface area contributed by atoms with E-state index in [9.17, 15) is 4.79 Å². The van der Waals surface area contributed by atoms with Gasteiger partial charge in [0.1, 0.15) is 0 Å². The first kappa shape index (κ1) is 14.5. The van der Waals surface area contributed by atoms with Crippen LogP contribution in [0, 0.1) is 13.8 Å². The molecule has 0 aliphatic carbocycles. The second-order valence-electron chi connectivity index (χ2n) is 5.16. The molecular formula is C15H21BrN2O. The lowest BCUT2D eigenvalue weighted by atomic mass is 10.0. The van der Waals surface area contributed by atoms with Gasteiger partial charge in [0, 0.05) is 37.1 Å². The molecule has 104 valence electrons. The maximum Gasteiger partial charge on any atom is 0.222 e. The monoisotopic (exact) mass is 324 g/mol. The molecule has 1 fully saturated rings. The van der Waals surface area contributed by atoms with Gasteiger partial charge in [-0.3, -0.25) is 4.79 Å². The molecule has 0 aromatic heterocycles. The van der Waals surface area contributed by atoms with E-state index in [-0.39, 0.29) is 5.91 Å². The molecule has 0 radical (unpaired) electrons. The van der Waals surface area contributed by atoms with Crippen LogP contribution in [0.5, 0.6) is 0 Å². The standard InChI is InChI=1S/C15H21BrN2O/c1-11-9-13(14(16)10-12(11)2)3-4-15(19)18-7-5-17-6-8-18/h9-10,17H,3-8H2,1-2H3. The Kier molecular flexibility index (Phi) is 4.99. The second-order valence-corrected chi connectivity index (χ2v) is 6.01. The largest absolute Gasteiger partial charge is 0.340 e. The number of amides is 1. The Morgan fingerprint density at radius 1 is 1.26 bits per heavy atom. The summed E-state index contributed by atoms with van der Waals surface area (Å²) in [4.78, 5) is 14.1. The third kappa shape index (κ3) is 3.80. The summed E-state index contributed by atoms with van der Waals surface area (Å²) in [7, 11) is 0. The molecule has 3 nitrogen and oxygen atoms in total. The molecule has 0 saturated carbocycles. The minimum Gasteiger partial charge on any atom is -0.340 e. The van der Waals surface area contributed by atoms with Crippen LogP contribution in [-0.2, 0) is 11.2 Å². The van der Waals surface area contributed by atoms with Crippen LogP contribution in [0.3, 0.4) is 0 Å². The summed E-state index contributed by atoms with van der Waals surface area (Å²) in [6, 6.07) is 4.32. The van der Waals surface area contributed by atoms with Gasteiger partial charge in [-0.2, -0.15) is 0 Å². The first-order valence-corrected chi connectivity index (χ1v) is 7.61. The van der Waals surface area contributed by atoms with E-state index in [1.807, 2.05) is 4.90 Å². The highest BCUT2D eigenvalue weighted by Gasteiger charge is 2.16. The highest BCUT2D eigenvalue weighted by molar-refractivity contribution is 9.10. The Balaban J connectivity index is 1.94. The molecule has 2 rings (SSSR count). The van der Waals surface area contributed by atoms with E-state index < -0.39 is 0 Å². The first-order valence-electron chi connectivity index (χ1n) is 6.82. The van der Waals surface area contributed by atoms with Gasteiger partial charge in [-0.15, -0.1) is 0 Å². The summed E-state index contributed by atoms with van der Waals surface area (Å²) in [6.07, 6.45) is 1.41. The molecule has 19 heavy (non-hydrogen) atoms. The summed E-state index contributed by atoms with van der Waals surface area (Å²) >= 11 is 3.59. The average molecular weight is 325 g/mol. The van der Waals surface area contributed by atoms with Crippen molar-refractivity contribution in [2.75, 3.05) is 26.2 Å². The van der Waals surface area contributed by atoms with Gasteiger partial charge in [0.15, 0.2) is 0 Å². The highest BCUT2D eigenvalue weighted by atomic mass is 79.9. The Morgan fingerprint density at radius 2 is 1.89 bits per heavy atom. The molecule has 1 aliphatic heterocycles. The Bertz CT molecular complexity index is 467. The lowest BCUT2D eigenvalue weighted by Gasteiger charge is -2.27. The quantitative estimate of drug-likeness (QED) is 0.926. The number of piperazine rings is 1. The minimum atomic E-state index is 0.270. The van der Waals surface area contributed by atoms with Crippen LogP contribution in [0.2, 0.25) is 0 Å². The van der Waals surface area contributed by atoms with E-state index in [1.165, 1.54) is 16.7 Å². The molecular weight excluding hydrogens is 304 g/mol. The summed E-state index contributed by atoms with van der Waals surface area (Å²) in [5.41, 5.74) is 3.79. The van der Waals surface area contributed by atoms with Crippen molar-refractivity contribution in [3.63, 3.8) is 0 Å². The van der Waals surface area contributed by atoms with Gasteiger partial charge in [0.05, 0.1) is 0 Å². The van der Waals surface area contributed by atoms with Crippen molar-refractivity contribution in [3.05, 3.63) is 33.3 Å². The van der Waals surface area contributed by atoms with Crippen LogP contribution in [0.1, 0.15) is 23.1 Å². The topological polar surface area (TPSA) is 32.3 Å². The number of halogens is 1. The van der Waals surface area contributed by atoms with Crippen molar-refractivity contribution in [3.8, 4) is 0 Å². The fourth-order valence-electron chi connectivity index (χ4n) is 2.35. The van der Waals surface area contributed by atoms with Crippen molar-refractivity contribution in [1.82, 2.24) is 10.2 Å². The van der Waals surface area contributed by atoms with Crippen molar-refractivity contribution in [2.24, 2.45) is 0 Å². The van der Waals surface area contributed by atoms with Gasteiger partial charge >= 0.3 is 0 Å². The number of hydrogen-bond acceptors (Lipinski definition) is 2. The van der Waals surface area contributed by atoms with Gasteiger partial charge in [-0.05, 0) is 43.0 Å². The van der Waals surface area contributed by atoms with E-state index in [0.717, 1.165) is 37.1 Å². The molecule has 0 unspecified atom stereocenters. The summed E-state index contributed by atoms with van der Waals surface area (Å²) in [6.45, 7) is 7.73. The molecule has 1 aromatic rings. The van der Waals surface area contributed by atoms with Gasteiger partial charge in [0.25, 0.3) is 0 Å². The zero-order chi connectivity index (χ0) is 13.8. The number of rotatable bonds is 3. The Morgan fingerprint density at radius 3 is 2.58 bits per heavy atom. The lowest BCUT2D eigenvalue weighted by molar-refractivity contribution is -0.131. The molecule has 1 aliphatic rings. The highest BCUT2D eigenvalue weighted by Crippen LogP contribution is 2.23. The van der Waals surface area contributed by atoms with Gasteiger partial charge < -0.3 is 10.2 Å². The summed E-state index contributed by atoms with van der Waals surface area (Å²) < 4.78 is 1.11. The fraction of sp³-hybridized carbons (Fsp3) is 0.533. The number of nitrogens with one attached hydrogen (secondary N) is 1. The molecule has 1 saturated heterocycles. The second kappa shape index (κ2) is 6.53. The fourth-order valence-corrected chi connectivity index (χ4v) is 3.00. The van der Waals surface area contributed by atoms with Crippen molar-refractivity contribution in [2.45, 2.75) is 26.7 Å². The lowest BCUT2D eigenvalue weighted by Crippen LogP contribution is -2.46. The maximum absolute atomic E-state index is 12.1. The van der Waals surface area contributed by atoms with E-state index in [2.05, 4.69) is 47.2 Å². The van der Waals surface area contributed by atoms with Crippen molar-refractivity contribution < 1.29 is 4.79 Å². The molecule has 1 heterocycles. The summed E-state index contributed by atoms with van der Waals surface area (Å²) in [5, 5.41) is 3.26. The van der Waals surface area contributed by atoms with E-state index >= 15 is 0 Å². The number of aryl methyl sites for hydroxylation is 3. The molecule has 0 bridgehead atoms. The van der Waals surface area contributed by atoms with Gasteiger partial charge in [0.2, 0.25) is 5.91 Å². The third-order valence-electron chi connectivity index (χ3n) is 3.74. The zero-order valence-corrected chi connectivity index (χ0v) is 13.2. The van der Waals surface area contributed by atoms with Crippen LogP contribution < -0.4 is 5.32 Å². The molecule has 1 amide bonds. The predicted molar refractivity (Wildman–Crippen MR) is 81.4 cm³/mol. The molecule has 1 aromatic carbocycles. The SMILES string of the molecule is Cc1cc(Br)c(CCC(=O)N2CCNCC2)cc1C. The molecule has 0 atom stereocenters. The normalized spacial score (nSPS) is 15.6. The third-order valence-corrected chi connectivity index (χ3v) is 4.48. The first-order chi connectivity index (χ1) is 9.08. The number of nitrogens with zero attached hydrogens (tertiary/aromatic N) is 1. The van der Waals surface area contributed by atoms with Crippen LogP contribution in [0.4, 0.5) is 0 Å². The van der Waals surface area contributed by atoms with Crippen LogP contribution in [0.25, 0.3) is 0 Å². The van der Waals surface area contributed by atoms with Crippen LogP contribution >= 0.6 is 15.9 Å².